The van der Waals surface area contributed by atoms with E-state index in [-0.39, 0.29) is 0 Å². The molecule has 2 aliphatic rings. The zero-order valence-electron chi connectivity index (χ0n) is 7.14. The van der Waals surface area contributed by atoms with Crippen LogP contribution in [0.25, 0.3) is 0 Å². The van der Waals surface area contributed by atoms with Crippen molar-refractivity contribution in [2.75, 3.05) is 13.7 Å². The van der Waals surface area contributed by atoms with E-state index in [9.17, 15) is 0 Å². The molecule has 0 bridgehead atoms. The Labute approximate surface area is 77.4 Å². The molecule has 1 heterocycles. The van der Waals surface area contributed by atoms with Crippen molar-refractivity contribution in [2.45, 2.75) is 19.3 Å². The fourth-order valence-corrected chi connectivity index (χ4v) is 2.11. The molecule has 0 amide bonds. The normalized spacial score (nSPS) is 22.8. The standard InChI is InChI=1S/C9H12ClNO/c1-12-11-6-5-8(10)7-3-2-4-9(7)11/h5H,2-4,6H2,1H3. The van der Waals surface area contributed by atoms with E-state index in [1.54, 1.807) is 7.11 Å². The fourth-order valence-electron chi connectivity index (χ4n) is 1.84. The first-order chi connectivity index (χ1) is 5.83. The smallest absolute Gasteiger partial charge is 0.0650 e. The van der Waals surface area contributed by atoms with E-state index < -0.39 is 0 Å². The summed E-state index contributed by atoms with van der Waals surface area (Å²) in [5.74, 6) is 0. The van der Waals surface area contributed by atoms with E-state index in [0.29, 0.717) is 0 Å². The molecule has 1 aliphatic heterocycles. The highest BCUT2D eigenvalue weighted by Gasteiger charge is 2.24. The van der Waals surface area contributed by atoms with E-state index in [1.165, 1.54) is 17.7 Å². The van der Waals surface area contributed by atoms with Crippen LogP contribution in [-0.4, -0.2) is 18.7 Å². The van der Waals surface area contributed by atoms with Crippen molar-refractivity contribution in [3.8, 4) is 0 Å². The summed E-state index contributed by atoms with van der Waals surface area (Å²) in [5, 5.41) is 2.85. The van der Waals surface area contributed by atoms with Crippen LogP contribution in [0.2, 0.25) is 0 Å². The van der Waals surface area contributed by atoms with E-state index in [2.05, 4.69) is 0 Å². The maximum atomic E-state index is 6.06. The first-order valence-electron chi connectivity index (χ1n) is 4.22. The lowest BCUT2D eigenvalue weighted by molar-refractivity contribution is -0.0941. The number of rotatable bonds is 1. The van der Waals surface area contributed by atoms with E-state index in [4.69, 9.17) is 16.4 Å². The third-order valence-corrected chi connectivity index (χ3v) is 2.82. The Morgan fingerprint density at radius 3 is 3.08 bits per heavy atom. The molecule has 0 fully saturated rings. The Bertz CT molecular complexity index is 257. The number of hydrogen-bond donors (Lipinski definition) is 0. The Morgan fingerprint density at radius 1 is 1.50 bits per heavy atom. The zero-order valence-corrected chi connectivity index (χ0v) is 7.90. The minimum atomic E-state index is 0.786. The third-order valence-electron chi connectivity index (χ3n) is 2.43. The topological polar surface area (TPSA) is 12.5 Å². The SMILES string of the molecule is CON1CC=C(Cl)C2=C1CCC2. The van der Waals surface area contributed by atoms with Crippen LogP contribution in [0.5, 0.6) is 0 Å². The van der Waals surface area contributed by atoms with E-state index in [0.717, 1.165) is 24.4 Å². The summed E-state index contributed by atoms with van der Waals surface area (Å²) in [7, 11) is 1.70. The fraction of sp³-hybridized carbons (Fsp3) is 0.556. The van der Waals surface area contributed by atoms with Crippen LogP contribution in [0.15, 0.2) is 22.4 Å². The Balaban J connectivity index is 2.30. The van der Waals surface area contributed by atoms with Gasteiger partial charge in [-0.1, -0.05) is 11.6 Å². The lowest BCUT2D eigenvalue weighted by atomic mass is 10.1. The van der Waals surface area contributed by atoms with Gasteiger partial charge in [0.2, 0.25) is 0 Å². The van der Waals surface area contributed by atoms with Crippen LogP contribution < -0.4 is 0 Å². The van der Waals surface area contributed by atoms with Gasteiger partial charge in [-0.05, 0) is 30.9 Å². The maximum Gasteiger partial charge on any atom is 0.0650 e. The molecule has 0 saturated heterocycles. The molecule has 2 rings (SSSR count). The molecule has 0 unspecified atom stereocenters. The molecule has 0 radical (unpaired) electrons. The highest BCUT2D eigenvalue weighted by molar-refractivity contribution is 6.32. The first kappa shape index (κ1) is 8.14. The maximum absolute atomic E-state index is 6.06. The van der Waals surface area contributed by atoms with Crippen LogP contribution in [0, 0.1) is 0 Å². The quantitative estimate of drug-likeness (QED) is 0.622. The molecule has 2 nitrogen and oxygen atoms in total. The van der Waals surface area contributed by atoms with Gasteiger partial charge in [-0.15, -0.1) is 0 Å². The molecule has 0 aromatic carbocycles. The summed E-state index contributed by atoms with van der Waals surface area (Å²) in [6.07, 6.45) is 5.42. The van der Waals surface area contributed by atoms with Gasteiger partial charge in [0.1, 0.15) is 0 Å². The number of halogens is 1. The molecule has 0 aromatic heterocycles. The van der Waals surface area contributed by atoms with Crippen molar-refractivity contribution in [3.05, 3.63) is 22.4 Å². The van der Waals surface area contributed by atoms with Crippen molar-refractivity contribution in [3.63, 3.8) is 0 Å². The highest BCUT2D eigenvalue weighted by Crippen LogP contribution is 2.37. The molecular weight excluding hydrogens is 174 g/mol. The van der Waals surface area contributed by atoms with Crippen LogP contribution >= 0.6 is 11.6 Å². The van der Waals surface area contributed by atoms with Crippen molar-refractivity contribution < 1.29 is 4.84 Å². The van der Waals surface area contributed by atoms with Gasteiger partial charge in [0, 0.05) is 10.7 Å². The van der Waals surface area contributed by atoms with Gasteiger partial charge < -0.3 is 0 Å². The number of allylic oxidation sites excluding steroid dienone is 3. The summed E-state index contributed by atoms with van der Waals surface area (Å²) in [6, 6.07) is 0. The molecule has 0 aromatic rings. The second-order valence-electron chi connectivity index (χ2n) is 3.07. The lowest BCUT2D eigenvalue weighted by Crippen LogP contribution is -2.24. The Kier molecular flexibility index (Phi) is 2.11. The monoisotopic (exact) mass is 185 g/mol. The van der Waals surface area contributed by atoms with E-state index >= 15 is 0 Å². The highest BCUT2D eigenvalue weighted by atomic mass is 35.5. The minimum absolute atomic E-state index is 0.786. The van der Waals surface area contributed by atoms with Gasteiger partial charge in [-0.3, -0.25) is 9.90 Å². The number of hydrogen-bond acceptors (Lipinski definition) is 2. The summed E-state index contributed by atoms with van der Waals surface area (Å²) >= 11 is 6.06. The van der Waals surface area contributed by atoms with Gasteiger partial charge in [-0.25, -0.2) is 0 Å². The zero-order chi connectivity index (χ0) is 8.55. The van der Waals surface area contributed by atoms with Crippen LogP contribution in [0.1, 0.15) is 19.3 Å². The van der Waals surface area contributed by atoms with Gasteiger partial charge in [0.25, 0.3) is 0 Å². The largest absolute Gasteiger partial charge is 0.277 e. The summed E-state index contributed by atoms with van der Waals surface area (Å²) < 4.78 is 0. The second-order valence-corrected chi connectivity index (χ2v) is 3.48. The molecule has 3 heteroatoms. The molecule has 0 N–H and O–H groups in total. The van der Waals surface area contributed by atoms with Crippen LogP contribution in [0.3, 0.4) is 0 Å². The molecule has 0 saturated carbocycles. The molecule has 0 atom stereocenters. The minimum Gasteiger partial charge on any atom is -0.277 e. The first-order valence-corrected chi connectivity index (χ1v) is 4.60. The predicted octanol–water partition coefficient (Wildman–Crippen LogP) is 2.42. The van der Waals surface area contributed by atoms with Crippen molar-refractivity contribution >= 4 is 11.6 Å². The lowest BCUT2D eigenvalue weighted by Gasteiger charge is -2.26. The number of hydroxylamine groups is 2. The van der Waals surface area contributed by atoms with Crippen molar-refractivity contribution in [1.29, 1.82) is 0 Å². The average Bonchev–Trinajstić information content (AvgIpc) is 2.54. The van der Waals surface area contributed by atoms with E-state index in [1.807, 2.05) is 11.1 Å². The third kappa shape index (κ3) is 1.15. The molecule has 0 spiro atoms. The summed E-state index contributed by atoms with van der Waals surface area (Å²) in [6.45, 7) is 0.786. The molecular formula is C9H12ClNO. The van der Waals surface area contributed by atoms with Crippen LogP contribution in [0.4, 0.5) is 0 Å². The Hall–Kier alpha value is -0.470. The average molecular weight is 186 g/mol. The van der Waals surface area contributed by atoms with Crippen molar-refractivity contribution in [1.82, 2.24) is 5.06 Å². The Morgan fingerprint density at radius 2 is 2.33 bits per heavy atom. The van der Waals surface area contributed by atoms with Crippen LogP contribution in [-0.2, 0) is 4.84 Å². The van der Waals surface area contributed by atoms with Crippen molar-refractivity contribution in [2.24, 2.45) is 0 Å². The summed E-state index contributed by atoms with van der Waals surface area (Å²) in [4.78, 5) is 5.23. The second kappa shape index (κ2) is 3.11. The molecule has 66 valence electrons. The molecule has 1 aliphatic carbocycles. The van der Waals surface area contributed by atoms with Gasteiger partial charge in [0.15, 0.2) is 0 Å². The van der Waals surface area contributed by atoms with Gasteiger partial charge in [-0.2, -0.15) is 0 Å². The number of nitrogens with zero attached hydrogens (tertiary/aromatic N) is 1. The molecule has 12 heavy (non-hydrogen) atoms. The van der Waals surface area contributed by atoms with Gasteiger partial charge in [0.05, 0.1) is 13.7 Å². The predicted molar refractivity (Wildman–Crippen MR) is 48.5 cm³/mol. The summed E-state index contributed by atoms with van der Waals surface area (Å²) in [5.41, 5.74) is 2.56. The van der Waals surface area contributed by atoms with Gasteiger partial charge >= 0.3 is 0 Å².